The Bertz CT molecular complexity index is 1010. The molecule has 3 rings (SSSR count). The van der Waals surface area contributed by atoms with Gasteiger partial charge in [-0.05, 0) is 80.0 Å². The number of nitrogens with one attached hydrogen (secondary N) is 2. The molecule has 0 aliphatic rings. The van der Waals surface area contributed by atoms with Crippen molar-refractivity contribution in [2.24, 2.45) is 0 Å². The van der Waals surface area contributed by atoms with E-state index in [0.29, 0.717) is 5.56 Å². The fraction of sp³-hybridized carbons (Fsp3) is 0.200. The zero-order valence-corrected chi connectivity index (χ0v) is 18.4. The van der Waals surface area contributed by atoms with Crippen LogP contribution in [0.15, 0.2) is 72.8 Å². The number of rotatable bonds is 6. The maximum absolute atomic E-state index is 12.6. The van der Waals surface area contributed by atoms with E-state index in [1.54, 1.807) is 0 Å². The van der Waals surface area contributed by atoms with Gasteiger partial charge in [0.15, 0.2) is 5.11 Å². The van der Waals surface area contributed by atoms with Crippen molar-refractivity contribution < 1.29 is 4.79 Å². The van der Waals surface area contributed by atoms with E-state index in [9.17, 15) is 4.79 Å². The number of hydrogen-bond donors (Lipinski definition) is 2. The van der Waals surface area contributed by atoms with E-state index in [-0.39, 0.29) is 11.0 Å². The Kier molecular flexibility index (Phi) is 7.20. The van der Waals surface area contributed by atoms with Crippen LogP contribution >= 0.6 is 12.2 Å². The molecule has 154 valence electrons. The average Bonchev–Trinajstić information content (AvgIpc) is 2.77. The predicted octanol–water partition coefficient (Wildman–Crippen LogP) is 5.64. The van der Waals surface area contributed by atoms with Crippen molar-refractivity contribution >= 4 is 34.6 Å². The fourth-order valence-corrected chi connectivity index (χ4v) is 3.55. The molecular weight excluding hydrogens is 390 g/mol. The summed E-state index contributed by atoms with van der Waals surface area (Å²) >= 11 is 5.35. The molecule has 0 heterocycles. The second-order valence-corrected chi connectivity index (χ2v) is 7.43. The summed E-state index contributed by atoms with van der Waals surface area (Å²) in [6.07, 6.45) is 0. The van der Waals surface area contributed by atoms with E-state index in [1.165, 1.54) is 5.69 Å². The number of aryl methyl sites for hydroxylation is 1. The number of amides is 1. The lowest BCUT2D eigenvalue weighted by Crippen LogP contribution is -2.34. The monoisotopic (exact) mass is 417 g/mol. The Balaban J connectivity index is 1.63. The molecule has 4 nitrogen and oxygen atoms in total. The number of anilines is 2. The maximum atomic E-state index is 12.6. The van der Waals surface area contributed by atoms with Gasteiger partial charge in [-0.2, -0.15) is 0 Å². The Hall–Kier alpha value is -3.18. The molecule has 5 heteroatoms. The van der Waals surface area contributed by atoms with Gasteiger partial charge in [-0.3, -0.25) is 10.1 Å². The second kappa shape index (κ2) is 10.0. The Morgan fingerprint density at radius 1 is 0.900 bits per heavy atom. The topological polar surface area (TPSA) is 44.4 Å². The van der Waals surface area contributed by atoms with Crippen molar-refractivity contribution in [3.8, 4) is 11.1 Å². The van der Waals surface area contributed by atoms with Gasteiger partial charge in [-0.15, -0.1) is 0 Å². The van der Waals surface area contributed by atoms with E-state index in [0.717, 1.165) is 35.5 Å². The minimum atomic E-state index is -0.232. The van der Waals surface area contributed by atoms with Crippen molar-refractivity contribution in [2.75, 3.05) is 23.3 Å². The van der Waals surface area contributed by atoms with Crippen LogP contribution in [-0.4, -0.2) is 24.1 Å². The van der Waals surface area contributed by atoms with Gasteiger partial charge in [0.05, 0.1) is 0 Å². The molecule has 3 aromatic rings. The van der Waals surface area contributed by atoms with Crippen LogP contribution in [0, 0.1) is 6.92 Å². The Labute approximate surface area is 183 Å². The lowest BCUT2D eigenvalue weighted by molar-refractivity contribution is 0.0978. The van der Waals surface area contributed by atoms with Crippen LogP contribution in [0.4, 0.5) is 11.4 Å². The lowest BCUT2D eigenvalue weighted by atomic mass is 10.0. The maximum Gasteiger partial charge on any atom is 0.257 e. The lowest BCUT2D eigenvalue weighted by Gasteiger charge is -2.22. The van der Waals surface area contributed by atoms with Gasteiger partial charge in [0.25, 0.3) is 5.91 Å². The van der Waals surface area contributed by atoms with E-state index in [1.807, 2.05) is 67.6 Å². The van der Waals surface area contributed by atoms with E-state index in [2.05, 4.69) is 41.5 Å². The van der Waals surface area contributed by atoms with Crippen LogP contribution in [0.25, 0.3) is 11.1 Å². The molecule has 1 amide bonds. The first-order valence-corrected chi connectivity index (χ1v) is 10.6. The minimum Gasteiger partial charge on any atom is -0.372 e. The molecule has 0 aromatic heterocycles. The second-order valence-electron chi connectivity index (χ2n) is 7.02. The predicted molar refractivity (Wildman–Crippen MR) is 130 cm³/mol. The van der Waals surface area contributed by atoms with Crippen LogP contribution < -0.4 is 15.5 Å². The van der Waals surface area contributed by atoms with Crippen molar-refractivity contribution in [3.63, 3.8) is 0 Å². The van der Waals surface area contributed by atoms with Gasteiger partial charge in [0, 0.05) is 30.0 Å². The average molecular weight is 418 g/mol. The number of hydrogen-bond acceptors (Lipinski definition) is 3. The fourth-order valence-electron chi connectivity index (χ4n) is 3.35. The largest absolute Gasteiger partial charge is 0.372 e. The molecule has 0 saturated carbocycles. The third-order valence-electron chi connectivity index (χ3n) is 5.07. The number of nitrogens with zero attached hydrogens (tertiary/aromatic N) is 1. The molecule has 0 radical (unpaired) electrons. The van der Waals surface area contributed by atoms with Crippen molar-refractivity contribution in [3.05, 3.63) is 83.9 Å². The first-order valence-electron chi connectivity index (χ1n) is 10.1. The molecule has 30 heavy (non-hydrogen) atoms. The van der Waals surface area contributed by atoms with E-state index < -0.39 is 0 Å². The summed E-state index contributed by atoms with van der Waals surface area (Å²) in [5.41, 5.74) is 5.88. The summed E-state index contributed by atoms with van der Waals surface area (Å²) in [6, 6.07) is 23.8. The Morgan fingerprint density at radius 3 is 2.13 bits per heavy atom. The molecule has 0 bridgehead atoms. The van der Waals surface area contributed by atoms with Gasteiger partial charge >= 0.3 is 0 Å². The van der Waals surface area contributed by atoms with Crippen molar-refractivity contribution in [1.82, 2.24) is 5.32 Å². The summed E-state index contributed by atoms with van der Waals surface area (Å²) < 4.78 is 0. The molecule has 0 spiro atoms. The highest BCUT2D eigenvalue weighted by Gasteiger charge is 2.10. The van der Waals surface area contributed by atoms with Crippen LogP contribution in [-0.2, 0) is 0 Å². The summed E-state index contributed by atoms with van der Waals surface area (Å²) in [5.74, 6) is -0.232. The molecule has 0 atom stereocenters. The molecule has 3 aromatic carbocycles. The van der Waals surface area contributed by atoms with Crippen LogP contribution in [0.2, 0.25) is 0 Å². The Morgan fingerprint density at radius 2 is 1.53 bits per heavy atom. The quantitative estimate of drug-likeness (QED) is 0.510. The summed E-state index contributed by atoms with van der Waals surface area (Å²) in [4.78, 5) is 14.8. The SMILES string of the molecule is CCN(CC)c1ccc(NC(=S)NC(=O)c2ccc(-c3ccccc3)cc2)c(C)c1. The van der Waals surface area contributed by atoms with Gasteiger partial charge < -0.3 is 10.2 Å². The first kappa shape index (κ1) is 21.5. The third-order valence-corrected chi connectivity index (χ3v) is 5.27. The summed E-state index contributed by atoms with van der Waals surface area (Å²) in [7, 11) is 0. The number of carbonyl (C=O) groups excluding carboxylic acids is 1. The number of benzene rings is 3. The van der Waals surface area contributed by atoms with E-state index in [4.69, 9.17) is 12.2 Å². The van der Waals surface area contributed by atoms with Crippen LogP contribution in [0.5, 0.6) is 0 Å². The number of thiocarbonyl (C=S) groups is 1. The molecule has 2 N–H and O–H groups in total. The normalized spacial score (nSPS) is 10.4. The summed E-state index contributed by atoms with van der Waals surface area (Å²) in [5, 5.41) is 6.18. The molecule has 0 fully saturated rings. The van der Waals surface area contributed by atoms with Gasteiger partial charge in [-0.25, -0.2) is 0 Å². The molecular formula is C25H27N3OS. The molecule has 0 unspecified atom stereocenters. The third kappa shape index (κ3) is 5.24. The van der Waals surface area contributed by atoms with Gasteiger partial charge in [-0.1, -0.05) is 42.5 Å². The standard InChI is InChI=1S/C25H27N3OS/c1-4-28(5-2)22-15-16-23(18(3)17-22)26-25(30)27-24(29)21-13-11-20(12-14-21)19-9-7-6-8-10-19/h6-17H,4-5H2,1-3H3,(H2,26,27,29,30). The highest BCUT2D eigenvalue weighted by Crippen LogP contribution is 2.23. The smallest absolute Gasteiger partial charge is 0.257 e. The van der Waals surface area contributed by atoms with Gasteiger partial charge in [0.2, 0.25) is 0 Å². The highest BCUT2D eigenvalue weighted by molar-refractivity contribution is 7.80. The minimum absolute atomic E-state index is 0.232. The van der Waals surface area contributed by atoms with Crippen molar-refractivity contribution in [2.45, 2.75) is 20.8 Å². The number of carbonyl (C=O) groups is 1. The highest BCUT2D eigenvalue weighted by atomic mass is 32.1. The first-order chi connectivity index (χ1) is 14.5. The van der Waals surface area contributed by atoms with Crippen LogP contribution in [0.1, 0.15) is 29.8 Å². The molecule has 0 aliphatic carbocycles. The molecule has 0 saturated heterocycles. The molecule has 0 aliphatic heterocycles. The zero-order chi connectivity index (χ0) is 21.5. The van der Waals surface area contributed by atoms with E-state index >= 15 is 0 Å². The van der Waals surface area contributed by atoms with Crippen LogP contribution in [0.3, 0.4) is 0 Å². The summed E-state index contributed by atoms with van der Waals surface area (Å²) in [6.45, 7) is 8.23. The van der Waals surface area contributed by atoms with Crippen molar-refractivity contribution in [1.29, 1.82) is 0 Å². The van der Waals surface area contributed by atoms with Gasteiger partial charge in [0.1, 0.15) is 0 Å². The zero-order valence-electron chi connectivity index (χ0n) is 17.6.